The molecule has 6 rings (SSSR count). The first-order valence-electron chi connectivity index (χ1n) is 14.0. The Bertz CT molecular complexity index is 1620. The molecule has 0 radical (unpaired) electrons. The van der Waals surface area contributed by atoms with Crippen LogP contribution in [0.25, 0.3) is 33.4 Å². The smallest absolute Gasteiger partial charge is 0.225 e. The molecule has 0 aliphatic carbocycles. The van der Waals surface area contributed by atoms with E-state index in [9.17, 15) is 0 Å². The fraction of sp³-hybridized carbons (Fsp3) is 0.312. The first kappa shape index (κ1) is 26.0. The summed E-state index contributed by atoms with van der Waals surface area (Å²) in [7, 11) is 0. The zero-order chi connectivity index (χ0) is 27.6. The van der Waals surface area contributed by atoms with Crippen LogP contribution in [0.1, 0.15) is 36.8 Å². The number of nitrogens with one attached hydrogen (secondary N) is 1. The summed E-state index contributed by atoms with van der Waals surface area (Å²) in [5.74, 6) is 2.32. The largest absolute Gasteiger partial charge is 0.464 e. The highest BCUT2D eigenvalue weighted by molar-refractivity contribution is 5.85. The molecule has 5 aromatic rings. The van der Waals surface area contributed by atoms with E-state index in [0.717, 1.165) is 94.8 Å². The van der Waals surface area contributed by atoms with Gasteiger partial charge in [-0.2, -0.15) is 0 Å². The number of likely N-dealkylation sites (N-methyl/N-ethyl adjacent to an activating group) is 1. The van der Waals surface area contributed by atoms with Crippen LogP contribution in [-0.4, -0.2) is 57.6 Å². The maximum atomic E-state index is 5.61. The molecule has 0 amide bonds. The van der Waals surface area contributed by atoms with Crippen molar-refractivity contribution < 1.29 is 4.42 Å². The molecule has 0 saturated carbocycles. The summed E-state index contributed by atoms with van der Waals surface area (Å²) >= 11 is 0. The van der Waals surface area contributed by atoms with Crippen molar-refractivity contribution in [3.8, 4) is 22.4 Å². The predicted molar refractivity (Wildman–Crippen MR) is 161 cm³/mol. The molecule has 1 fully saturated rings. The van der Waals surface area contributed by atoms with E-state index >= 15 is 0 Å². The van der Waals surface area contributed by atoms with Gasteiger partial charge in [0.2, 0.25) is 5.95 Å². The van der Waals surface area contributed by atoms with Gasteiger partial charge < -0.3 is 19.5 Å². The molecule has 4 heterocycles. The number of benzene rings is 2. The van der Waals surface area contributed by atoms with Gasteiger partial charge in [0.15, 0.2) is 0 Å². The summed E-state index contributed by atoms with van der Waals surface area (Å²) in [6.45, 7) is 13.5. The zero-order valence-corrected chi connectivity index (χ0v) is 23.6. The third-order valence-electron chi connectivity index (χ3n) is 7.73. The second-order valence-corrected chi connectivity index (χ2v) is 10.5. The second kappa shape index (κ2) is 11.1. The monoisotopic (exact) mass is 533 g/mol. The van der Waals surface area contributed by atoms with Crippen molar-refractivity contribution in [1.82, 2.24) is 24.8 Å². The van der Waals surface area contributed by atoms with E-state index in [1.165, 1.54) is 0 Å². The summed E-state index contributed by atoms with van der Waals surface area (Å²) in [5.41, 5.74) is 7.18. The molecule has 3 aromatic heterocycles. The number of hydrogen-bond donors (Lipinski definition) is 1. The predicted octanol–water partition coefficient (Wildman–Crippen LogP) is 6.28. The van der Waals surface area contributed by atoms with Crippen molar-refractivity contribution in [2.24, 2.45) is 0 Å². The van der Waals surface area contributed by atoms with Gasteiger partial charge in [-0.25, -0.2) is 19.9 Å². The maximum Gasteiger partial charge on any atom is 0.225 e. The van der Waals surface area contributed by atoms with Gasteiger partial charge in [-0.3, -0.25) is 0 Å². The zero-order valence-electron chi connectivity index (χ0n) is 23.6. The van der Waals surface area contributed by atoms with Crippen LogP contribution in [-0.2, 0) is 0 Å². The lowest BCUT2D eigenvalue weighted by Gasteiger charge is -2.33. The molecule has 0 bridgehead atoms. The number of fused-ring (bicyclic) bond motifs is 1. The van der Waals surface area contributed by atoms with Gasteiger partial charge in [-0.05, 0) is 68.3 Å². The van der Waals surface area contributed by atoms with E-state index < -0.39 is 0 Å². The van der Waals surface area contributed by atoms with Crippen molar-refractivity contribution in [1.29, 1.82) is 0 Å². The average molecular weight is 534 g/mol. The molecule has 204 valence electrons. The van der Waals surface area contributed by atoms with E-state index in [1.54, 1.807) is 6.26 Å². The first-order chi connectivity index (χ1) is 19.5. The molecule has 40 heavy (non-hydrogen) atoms. The Morgan fingerprint density at radius 3 is 2.48 bits per heavy atom. The molecular weight excluding hydrogens is 498 g/mol. The number of anilines is 2. The Morgan fingerprint density at radius 1 is 0.900 bits per heavy atom. The van der Waals surface area contributed by atoms with Crippen LogP contribution in [0, 0.1) is 13.8 Å². The molecule has 8 nitrogen and oxygen atoms in total. The molecule has 1 aliphatic rings. The summed E-state index contributed by atoms with van der Waals surface area (Å²) in [6.07, 6.45) is 5.66. The van der Waals surface area contributed by atoms with Crippen LogP contribution in [0.2, 0.25) is 0 Å². The Kier molecular flexibility index (Phi) is 7.17. The number of piperazine rings is 1. The van der Waals surface area contributed by atoms with Crippen molar-refractivity contribution in [2.75, 3.05) is 42.9 Å². The van der Waals surface area contributed by atoms with Gasteiger partial charge in [0.25, 0.3) is 0 Å². The topological polar surface area (TPSA) is 83.2 Å². The first-order valence-corrected chi connectivity index (χ1v) is 14.0. The molecule has 1 atom stereocenters. The van der Waals surface area contributed by atoms with Gasteiger partial charge in [0.1, 0.15) is 17.2 Å². The van der Waals surface area contributed by atoms with Crippen molar-refractivity contribution in [3.05, 3.63) is 84.1 Å². The quantitative estimate of drug-likeness (QED) is 0.262. The third kappa shape index (κ3) is 5.40. The van der Waals surface area contributed by atoms with E-state index in [1.807, 2.05) is 37.5 Å². The number of furan rings is 1. The van der Waals surface area contributed by atoms with E-state index in [0.29, 0.717) is 0 Å². The molecule has 1 saturated heterocycles. The number of aryl methyl sites for hydroxylation is 2. The van der Waals surface area contributed by atoms with E-state index in [-0.39, 0.29) is 6.04 Å². The lowest BCUT2D eigenvalue weighted by Crippen LogP contribution is -2.46. The Hall–Kier alpha value is -4.30. The van der Waals surface area contributed by atoms with Crippen molar-refractivity contribution in [2.45, 2.75) is 33.7 Å². The minimum atomic E-state index is 0.0377. The van der Waals surface area contributed by atoms with Crippen LogP contribution in [0.5, 0.6) is 0 Å². The fourth-order valence-electron chi connectivity index (χ4n) is 5.30. The van der Waals surface area contributed by atoms with Crippen molar-refractivity contribution in [3.63, 3.8) is 0 Å². The Balaban J connectivity index is 1.18. The van der Waals surface area contributed by atoms with Gasteiger partial charge >= 0.3 is 0 Å². The van der Waals surface area contributed by atoms with Gasteiger partial charge in [-0.15, -0.1) is 0 Å². The Labute approximate surface area is 235 Å². The lowest BCUT2D eigenvalue weighted by molar-refractivity contribution is 0.270. The van der Waals surface area contributed by atoms with Crippen LogP contribution in [0.15, 0.2) is 71.6 Å². The standard InChI is InChI=1S/C32H35N7O/c1-5-38-11-13-39(14-12-38)32-33-18-27(19-34-32)25-8-6-7-24(15-25)22(3)35-31-17-29(36-23(4)37-31)26-9-10-30-28(16-26)21(2)20-40-30/h6-10,15-20,22H,5,11-14H2,1-4H3,(H,35,36,37)/t22-/m0/s1. The molecule has 0 spiro atoms. The highest BCUT2D eigenvalue weighted by Crippen LogP contribution is 2.29. The average Bonchev–Trinajstić information content (AvgIpc) is 3.37. The molecular formula is C32H35N7O. The third-order valence-corrected chi connectivity index (χ3v) is 7.73. The minimum Gasteiger partial charge on any atom is -0.464 e. The van der Waals surface area contributed by atoms with Crippen LogP contribution < -0.4 is 10.2 Å². The number of aromatic nitrogens is 4. The normalized spacial score (nSPS) is 14.9. The Morgan fingerprint density at radius 2 is 1.70 bits per heavy atom. The number of nitrogens with zero attached hydrogens (tertiary/aromatic N) is 6. The number of hydrogen-bond acceptors (Lipinski definition) is 8. The second-order valence-electron chi connectivity index (χ2n) is 10.5. The summed E-state index contributed by atoms with van der Waals surface area (Å²) in [6, 6.07) is 16.7. The van der Waals surface area contributed by atoms with Crippen LogP contribution >= 0.6 is 0 Å². The summed E-state index contributed by atoms with van der Waals surface area (Å²) in [4.78, 5) is 23.5. The molecule has 1 aliphatic heterocycles. The van der Waals surface area contributed by atoms with Gasteiger partial charge in [0.05, 0.1) is 12.0 Å². The summed E-state index contributed by atoms with van der Waals surface area (Å²) in [5, 5.41) is 4.68. The fourth-order valence-corrected chi connectivity index (χ4v) is 5.30. The molecule has 8 heteroatoms. The number of rotatable bonds is 7. The highest BCUT2D eigenvalue weighted by atomic mass is 16.3. The van der Waals surface area contributed by atoms with Gasteiger partial charge in [0, 0.05) is 67.2 Å². The van der Waals surface area contributed by atoms with Crippen molar-refractivity contribution >= 4 is 22.7 Å². The highest BCUT2D eigenvalue weighted by Gasteiger charge is 2.18. The lowest BCUT2D eigenvalue weighted by atomic mass is 10.0. The van der Waals surface area contributed by atoms with E-state index in [4.69, 9.17) is 19.4 Å². The van der Waals surface area contributed by atoms with Gasteiger partial charge in [-0.1, -0.05) is 25.1 Å². The summed E-state index contributed by atoms with van der Waals surface area (Å²) < 4.78 is 5.61. The molecule has 1 N–H and O–H groups in total. The van der Waals surface area contributed by atoms with E-state index in [2.05, 4.69) is 71.2 Å². The molecule has 2 aromatic carbocycles. The van der Waals surface area contributed by atoms with Crippen LogP contribution in [0.4, 0.5) is 11.8 Å². The maximum absolute atomic E-state index is 5.61. The van der Waals surface area contributed by atoms with Crippen LogP contribution in [0.3, 0.4) is 0 Å². The SMILES string of the molecule is CCN1CCN(c2ncc(-c3cccc([C@H](C)Nc4cc(-c5ccc6occ(C)c6c5)nc(C)n4)c3)cn2)CC1. The minimum absolute atomic E-state index is 0.0377. The molecule has 0 unspecified atom stereocenters.